The summed E-state index contributed by atoms with van der Waals surface area (Å²) in [6, 6.07) is 28.4. The molecule has 1 amide bonds. The first-order valence-electron chi connectivity index (χ1n) is 21.1. The second-order valence-electron chi connectivity index (χ2n) is 15.4. The Morgan fingerprint density at radius 3 is 2.02 bits per heavy atom. The van der Waals surface area contributed by atoms with Crippen LogP contribution in [0.3, 0.4) is 0 Å². The van der Waals surface area contributed by atoms with Gasteiger partial charge in [-0.2, -0.15) is 0 Å². The van der Waals surface area contributed by atoms with E-state index in [1.54, 1.807) is 24.5 Å². The van der Waals surface area contributed by atoms with Crippen LogP contribution in [0.2, 0.25) is 0 Å². The van der Waals surface area contributed by atoms with Crippen LogP contribution in [0.15, 0.2) is 97.3 Å². The molecule has 0 spiro atoms. The Hall–Kier alpha value is -3.88. The minimum atomic E-state index is -0.517. The minimum Gasteiger partial charge on any atom is -0.392 e. The van der Waals surface area contributed by atoms with Crippen molar-refractivity contribution in [1.29, 1.82) is 0 Å². The molecule has 2 N–H and O–H groups in total. The van der Waals surface area contributed by atoms with Crippen LogP contribution in [0.1, 0.15) is 143 Å². The van der Waals surface area contributed by atoms with E-state index >= 15 is 0 Å². The maximum Gasteiger partial charge on any atom is 0.253 e. The molecule has 2 heterocycles. The van der Waals surface area contributed by atoms with Crippen LogP contribution in [0.5, 0.6) is 0 Å². The van der Waals surface area contributed by atoms with Gasteiger partial charge in [0.25, 0.3) is 5.91 Å². The predicted molar refractivity (Wildman–Crippen MR) is 223 cm³/mol. The zero-order chi connectivity index (χ0) is 38.7. The van der Waals surface area contributed by atoms with Crippen LogP contribution in [0.4, 0.5) is 0 Å². The van der Waals surface area contributed by atoms with Gasteiger partial charge < -0.3 is 24.8 Å². The highest BCUT2D eigenvalue weighted by atomic mass is 16.7. The third kappa shape index (κ3) is 13.1. The van der Waals surface area contributed by atoms with Crippen molar-refractivity contribution >= 4 is 5.91 Å². The van der Waals surface area contributed by atoms with Gasteiger partial charge in [0.2, 0.25) is 0 Å². The van der Waals surface area contributed by atoms with Crippen molar-refractivity contribution in [3.63, 3.8) is 0 Å². The number of benzene rings is 3. The smallest absolute Gasteiger partial charge is 0.253 e. The molecule has 0 radical (unpaired) electrons. The van der Waals surface area contributed by atoms with Gasteiger partial charge in [-0.05, 0) is 65.9 Å². The largest absolute Gasteiger partial charge is 0.392 e. The van der Waals surface area contributed by atoms with Gasteiger partial charge in [-0.1, -0.05) is 158 Å². The summed E-state index contributed by atoms with van der Waals surface area (Å²) in [5.41, 5.74) is 6.70. The molecule has 7 nitrogen and oxygen atoms in total. The highest BCUT2D eigenvalue weighted by molar-refractivity contribution is 5.93. The number of aliphatic hydroxyl groups excluding tert-OH is 1. The maximum absolute atomic E-state index is 12.8. The lowest BCUT2D eigenvalue weighted by Gasteiger charge is -2.43. The lowest BCUT2D eigenvalue weighted by atomic mass is 9.89. The number of nitrogens with one attached hydrogen (secondary N) is 1. The third-order valence-corrected chi connectivity index (χ3v) is 11.1. The molecule has 296 valence electrons. The van der Waals surface area contributed by atoms with E-state index < -0.39 is 6.29 Å². The first-order valence-corrected chi connectivity index (χ1v) is 21.1. The molecule has 0 bridgehead atoms. The number of pyridine rings is 1. The average molecular weight is 748 g/mol. The van der Waals surface area contributed by atoms with Crippen LogP contribution in [-0.2, 0) is 22.6 Å². The molecule has 5 rings (SSSR count). The van der Waals surface area contributed by atoms with E-state index in [0.29, 0.717) is 12.1 Å². The number of aliphatic hydroxyl groups is 1. The lowest BCUT2D eigenvalue weighted by Crippen LogP contribution is -2.45. The van der Waals surface area contributed by atoms with E-state index in [4.69, 9.17) is 9.47 Å². The fourth-order valence-electron chi connectivity index (χ4n) is 7.66. The molecule has 0 aliphatic carbocycles. The summed E-state index contributed by atoms with van der Waals surface area (Å²) >= 11 is 0. The molecule has 1 saturated heterocycles. The molecule has 1 aromatic heterocycles. The van der Waals surface area contributed by atoms with Gasteiger partial charge in [0.05, 0.1) is 24.4 Å². The zero-order valence-corrected chi connectivity index (χ0v) is 33.6. The van der Waals surface area contributed by atoms with Crippen molar-refractivity contribution in [3.8, 4) is 11.1 Å². The number of hydrogen-bond acceptors (Lipinski definition) is 6. The van der Waals surface area contributed by atoms with Crippen LogP contribution >= 0.6 is 0 Å². The number of carbonyl (C=O) groups is 1. The molecular formula is C48H65N3O4. The molecule has 4 atom stereocenters. The summed E-state index contributed by atoms with van der Waals surface area (Å²) in [6.07, 6.45) is 18.1. The van der Waals surface area contributed by atoms with Gasteiger partial charge in [0.1, 0.15) is 0 Å². The highest BCUT2D eigenvalue weighted by Crippen LogP contribution is 2.42. The summed E-state index contributed by atoms with van der Waals surface area (Å²) in [5, 5.41) is 12.8. The predicted octanol–water partition coefficient (Wildman–Crippen LogP) is 11.0. The van der Waals surface area contributed by atoms with Crippen molar-refractivity contribution in [1.82, 2.24) is 15.2 Å². The van der Waals surface area contributed by atoms with Gasteiger partial charge in [0, 0.05) is 37.0 Å². The Labute approximate surface area is 330 Å². The standard InChI is InChI=1S/C48H65N3O4/c1-4-6-8-10-12-16-31-51(32-17-13-11-9-7-5-2)35-45-37(3)46(40-24-22-38(36-52)23-25-40)55-48(54-45)41-28-26-39(27-29-41)44-21-15-14-19-42(44)34-50-47(53)43-20-18-30-49-33-43/h14-15,18-30,33,37,45-46,48,52H,4-13,16-17,31-32,34-36H2,1-3H3,(H,50,53)/t37-,45+,46+,48+/m0/s1. The number of unbranched alkanes of at least 4 members (excludes halogenated alkanes) is 10. The van der Waals surface area contributed by atoms with Gasteiger partial charge >= 0.3 is 0 Å². The summed E-state index contributed by atoms with van der Waals surface area (Å²) in [7, 11) is 0. The number of ether oxygens (including phenoxy) is 2. The van der Waals surface area contributed by atoms with Crippen molar-refractivity contribution < 1.29 is 19.4 Å². The lowest BCUT2D eigenvalue weighted by molar-refractivity contribution is -0.276. The van der Waals surface area contributed by atoms with E-state index in [1.165, 1.54) is 77.0 Å². The maximum atomic E-state index is 12.8. The molecule has 0 saturated carbocycles. The highest BCUT2D eigenvalue weighted by Gasteiger charge is 2.39. The summed E-state index contributed by atoms with van der Waals surface area (Å²) in [4.78, 5) is 19.5. The van der Waals surface area contributed by atoms with Crippen molar-refractivity contribution in [3.05, 3.63) is 125 Å². The number of rotatable bonds is 23. The van der Waals surface area contributed by atoms with E-state index in [2.05, 4.69) is 84.5 Å². The van der Waals surface area contributed by atoms with Crippen molar-refractivity contribution in [2.75, 3.05) is 19.6 Å². The molecule has 55 heavy (non-hydrogen) atoms. The fourth-order valence-corrected chi connectivity index (χ4v) is 7.66. The molecule has 3 aromatic carbocycles. The normalized spacial score (nSPS) is 18.4. The van der Waals surface area contributed by atoms with Crippen LogP contribution < -0.4 is 5.32 Å². The molecule has 4 aromatic rings. The first-order chi connectivity index (χ1) is 27.0. The van der Waals surface area contributed by atoms with Crippen LogP contribution in [0, 0.1) is 5.92 Å². The summed E-state index contributed by atoms with van der Waals surface area (Å²) in [6.45, 7) is 10.3. The Kier molecular flexibility index (Phi) is 17.9. The Balaban J connectivity index is 1.32. The molecule has 1 aliphatic heterocycles. The SMILES string of the molecule is CCCCCCCCN(CCCCCCCC)C[C@H]1O[C@@H](c2ccc(-c3ccccc3CNC(=O)c3cccnc3)cc2)O[C@@H](c2ccc(CO)cc2)[C@H]1C. The molecule has 7 heteroatoms. The van der Waals surface area contributed by atoms with Crippen LogP contribution in [-0.4, -0.2) is 46.6 Å². The molecular weight excluding hydrogens is 683 g/mol. The monoisotopic (exact) mass is 747 g/mol. The quantitative estimate of drug-likeness (QED) is 0.0735. The number of aromatic nitrogens is 1. The van der Waals surface area contributed by atoms with E-state index in [9.17, 15) is 9.90 Å². The van der Waals surface area contributed by atoms with E-state index in [1.807, 2.05) is 24.3 Å². The Morgan fingerprint density at radius 1 is 0.745 bits per heavy atom. The second kappa shape index (κ2) is 23.2. The van der Waals surface area contributed by atoms with Crippen molar-refractivity contribution in [2.24, 2.45) is 5.92 Å². The van der Waals surface area contributed by atoms with Gasteiger partial charge in [-0.25, -0.2) is 0 Å². The van der Waals surface area contributed by atoms with Gasteiger partial charge in [-0.15, -0.1) is 0 Å². The van der Waals surface area contributed by atoms with E-state index in [-0.39, 0.29) is 30.6 Å². The minimum absolute atomic E-state index is 0.00900. The first kappa shape index (κ1) is 42.3. The zero-order valence-electron chi connectivity index (χ0n) is 33.6. The second-order valence-corrected chi connectivity index (χ2v) is 15.4. The molecule has 1 aliphatic rings. The van der Waals surface area contributed by atoms with E-state index in [0.717, 1.165) is 53.0 Å². The summed E-state index contributed by atoms with van der Waals surface area (Å²) < 4.78 is 13.8. The van der Waals surface area contributed by atoms with Gasteiger partial charge in [0.15, 0.2) is 6.29 Å². The van der Waals surface area contributed by atoms with Gasteiger partial charge in [-0.3, -0.25) is 9.78 Å². The Bertz CT molecular complexity index is 1650. The number of hydrogen-bond donors (Lipinski definition) is 2. The number of nitrogens with zero attached hydrogens (tertiary/aromatic N) is 2. The average Bonchev–Trinajstić information content (AvgIpc) is 3.23. The van der Waals surface area contributed by atoms with Crippen molar-refractivity contribution in [2.45, 2.75) is 129 Å². The molecule has 1 fully saturated rings. The number of amides is 1. The topological polar surface area (TPSA) is 83.9 Å². The van der Waals surface area contributed by atoms with Crippen LogP contribution in [0.25, 0.3) is 11.1 Å². The Morgan fingerprint density at radius 2 is 1.38 bits per heavy atom. The summed E-state index contributed by atoms with van der Waals surface area (Å²) in [5.74, 6) is -0.00689. The number of carbonyl (C=O) groups excluding carboxylic acids is 1. The fraction of sp³-hybridized carbons (Fsp3) is 0.500. The third-order valence-electron chi connectivity index (χ3n) is 11.1. The molecule has 0 unspecified atom stereocenters.